The fourth-order valence-corrected chi connectivity index (χ4v) is 4.06. The third kappa shape index (κ3) is 2.95. The summed E-state index contributed by atoms with van der Waals surface area (Å²) in [5, 5.41) is 0.747. The number of rotatable bonds is 2. The summed E-state index contributed by atoms with van der Waals surface area (Å²) in [4.78, 5) is 2.90. The molecule has 0 saturated heterocycles. The lowest BCUT2D eigenvalue weighted by Crippen LogP contribution is -1.92. The van der Waals surface area contributed by atoms with E-state index in [-0.39, 0.29) is 4.83 Å². The van der Waals surface area contributed by atoms with E-state index in [0.717, 1.165) is 9.50 Å². The molecule has 1 aromatic carbocycles. The average molecular weight is 395 g/mol. The van der Waals surface area contributed by atoms with Gasteiger partial charge in [-0.15, -0.1) is 11.3 Å². The van der Waals surface area contributed by atoms with Gasteiger partial charge in [-0.25, -0.2) is 0 Å². The lowest BCUT2D eigenvalue weighted by Gasteiger charge is -2.11. The van der Waals surface area contributed by atoms with Crippen LogP contribution in [-0.4, -0.2) is 0 Å². The van der Waals surface area contributed by atoms with Crippen molar-refractivity contribution in [3.8, 4) is 0 Å². The van der Waals surface area contributed by atoms with Gasteiger partial charge in [-0.05, 0) is 59.1 Å². The van der Waals surface area contributed by atoms with Crippen LogP contribution in [0.2, 0.25) is 5.02 Å². The zero-order valence-corrected chi connectivity index (χ0v) is 14.2. The Hall–Kier alpha value is 0.170. The predicted octanol–water partition coefficient (Wildman–Crippen LogP) is 6.27. The van der Waals surface area contributed by atoms with Gasteiger partial charge >= 0.3 is 0 Å². The number of hydrogen-bond donors (Lipinski definition) is 0. The van der Waals surface area contributed by atoms with Crippen LogP contribution in [0, 0.1) is 13.8 Å². The number of hydrogen-bond acceptors (Lipinski definition) is 1. The van der Waals surface area contributed by atoms with Crippen molar-refractivity contribution in [2.45, 2.75) is 18.7 Å². The van der Waals surface area contributed by atoms with Gasteiger partial charge in [0, 0.05) is 14.2 Å². The summed E-state index contributed by atoms with van der Waals surface area (Å²) >= 11 is 15.1. The molecule has 0 fully saturated rings. The molecule has 1 unspecified atom stereocenters. The van der Waals surface area contributed by atoms with Crippen LogP contribution >= 0.6 is 54.8 Å². The van der Waals surface area contributed by atoms with Crippen molar-refractivity contribution in [2.75, 3.05) is 0 Å². The van der Waals surface area contributed by atoms with Crippen LogP contribution in [0.1, 0.15) is 25.7 Å². The van der Waals surface area contributed by atoms with Gasteiger partial charge in [-0.3, -0.25) is 0 Å². The molecule has 0 aliphatic heterocycles. The molecule has 0 amide bonds. The van der Waals surface area contributed by atoms with Crippen molar-refractivity contribution in [1.82, 2.24) is 0 Å². The molecule has 0 nitrogen and oxygen atoms in total. The highest BCUT2D eigenvalue weighted by Gasteiger charge is 2.15. The molecule has 1 aromatic heterocycles. The Morgan fingerprint density at radius 2 is 1.94 bits per heavy atom. The van der Waals surface area contributed by atoms with E-state index in [2.05, 4.69) is 57.8 Å². The summed E-state index contributed by atoms with van der Waals surface area (Å²) in [6, 6.07) is 8.30. The van der Waals surface area contributed by atoms with E-state index in [1.807, 2.05) is 23.5 Å². The van der Waals surface area contributed by atoms with Gasteiger partial charge in [0.05, 0.1) is 9.85 Å². The summed E-state index contributed by atoms with van der Waals surface area (Å²) in [6.07, 6.45) is 0. The van der Waals surface area contributed by atoms with Crippen LogP contribution in [0.25, 0.3) is 0 Å². The Bertz CT molecular complexity index is 548. The fraction of sp³-hybridized carbons (Fsp3) is 0.231. The Morgan fingerprint density at radius 1 is 1.24 bits per heavy atom. The molecule has 0 bridgehead atoms. The van der Waals surface area contributed by atoms with Crippen molar-refractivity contribution in [2.24, 2.45) is 0 Å². The summed E-state index contributed by atoms with van der Waals surface area (Å²) in [6.45, 7) is 4.29. The predicted molar refractivity (Wildman–Crippen MR) is 83.7 cm³/mol. The zero-order valence-electron chi connectivity index (χ0n) is 9.43. The number of alkyl halides is 1. The SMILES string of the molecule is Cc1cc(C(Br)c2ccc(Br)c(Cl)c2)c(C)s1. The lowest BCUT2D eigenvalue weighted by molar-refractivity contribution is 1.17. The van der Waals surface area contributed by atoms with E-state index in [1.54, 1.807) is 0 Å². The smallest absolute Gasteiger partial charge is 0.0655 e. The highest BCUT2D eigenvalue weighted by atomic mass is 79.9. The molecule has 0 aliphatic carbocycles. The lowest BCUT2D eigenvalue weighted by atomic mass is 10.1. The molecule has 2 rings (SSSR count). The zero-order chi connectivity index (χ0) is 12.6. The molecule has 0 N–H and O–H groups in total. The first-order valence-corrected chi connectivity index (χ1v) is 8.05. The van der Waals surface area contributed by atoms with Crippen LogP contribution in [0.15, 0.2) is 28.7 Å². The van der Waals surface area contributed by atoms with E-state index >= 15 is 0 Å². The van der Waals surface area contributed by atoms with Crippen LogP contribution < -0.4 is 0 Å². The highest BCUT2D eigenvalue weighted by Crippen LogP contribution is 2.38. The van der Waals surface area contributed by atoms with Crippen LogP contribution in [0.5, 0.6) is 0 Å². The normalized spacial score (nSPS) is 12.8. The topological polar surface area (TPSA) is 0 Å². The molecule has 0 aliphatic rings. The standard InChI is InChI=1S/C13H11Br2ClS/c1-7-5-10(8(2)17-7)13(15)9-3-4-11(14)12(16)6-9/h3-6,13H,1-2H3. The Morgan fingerprint density at radius 3 is 2.47 bits per heavy atom. The highest BCUT2D eigenvalue weighted by molar-refractivity contribution is 9.10. The maximum absolute atomic E-state index is 6.13. The van der Waals surface area contributed by atoms with E-state index in [4.69, 9.17) is 11.6 Å². The summed E-state index contributed by atoms with van der Waals surface area (Å²) in [5.41, 5.74) is 2.50. The fourth-order valence-electron chi connectivity index (χ4n) is 1.75. The van der Waals surface area contributed by atoms with Gasteiger partial charge in [0.1, 0.15) is 0 Å². The minimum atomic E-state index is 0.207. The van der Waals surface area contributed by atoms with Gasteiger partial charge in [0.2, 0.25) is 0 Å². The second-order valence-electron chi connectivity index (χ2n) is 3.90. The third-order valence-electron chi connectivity index (χ3n) is 2.59. The molecule has 1 heterocycles. The maximum Gasteiger partial charge on any atom is 0.0655 e. The Balaban J connectivity index is 2.40. The largest absolute Gasteiger partial charge is 0.146 e. The van der Waals surface area contributed by atoms with Crippen molar-refractivity contribution in [1.29, 1.82) is 0 Å². The molecule has 4 heteroatoms. The molecule has 0 saturated carbocycles. The molecule has 90 valence electrons. The first-order valence-electron chi connectivity index (χ1n) is 5.15. The van der Waals surface area contributed by atoms with Gasteiger partial charge in [-0.1, -0.05) is 33.6 Å². The molecular formula is C13H11Br2ClS. The summed E-state index contributed by atoms with van der Waals surface area (Å²) in [7, 11) is 0. The van der Waals surface area contributed by atoms with Crippen molar-refractivity contribution in [3.05, 3.63) is 54.6 Å². The number of thiophene rings is 1. The van der Waals surface area contributed by atoms with E-state index in [9.17, 15) is 0 Å². The molecule has 1 atom stereocenters. The quantitative estimate of drug-likeness (QED) is 0.527. The monoisotopic (exact) mass is 392 g/mol. The summed E-state index contributed by atoms with van der Waals surface area (Å²) < 4.78 is 0.931. The number of aryl methyl sites for hydroxylation is 2. The second kappa shape index (κ2) is 5.43. The third-order valence-corrected chi connectivity index (χ3v) is 5.82. The minimum Gasteiger partial charge on any atom is -0.146 e. The molecule has 17 heavy (non-hydrogen) atoms. The van der Waals surface area contributed by atoms with E-state index < -0.39 is 0 Å². The van der Waals surface area contributed by atoms with Crippen molar-refractivity contribution in [3.63, 3.8) is 0 Å². The van der Waals surface area contributed by atoms with Gasteiger partial charge in [-0.2, -0.15) is 0 Å². The van der Waals surface area contributed by atoms with Gasteiger partial charge in [0.25, 0.3) is 0 Å². The number of benzene rings is 1. The molecule has 0 radical (unpaired) electrons. The molecular weight excluding hydrogens is 383 g/mol. The average Bonchev–Trinajstić information content (AvgIpc) is 2.61. The maximum atomic E-state index is 6.13. The van der Waals surface area contributed by atoms with Crippen molar-refractivity contribution >= 4 is 54.8 Å². The van der Waals surface area contributed by atoms with Crippen LogP contribution in [-0.2, 0) is 0 Å². The van der Waals surface area contributed by atoms with E-state index in [1.165, 1.54) is 20.9 Å². The van der Waals surface area contributed by atoms with Crippen LogP contribution in [0.3, 0.4) is 0 Å². The summed E-state index contributed by atoms with van der Waals surface area (Å²) in [5.74, 6) is 0. The van der Waals surface area contributed by atoms with E-state index in [0.29, 0.717) is 0 Å². The Kier molecular flexibility index (Phi) is 4.35. The first kappa shape index (κ1) is 13.6. The van der Waals surface area contributed by atoms with Gasteiger partial charge in [0.15, 0.2) is 0 Å². The van der Waals surface area contributed by atoms with Crippen LogP contribution in [0.4, 0.5) is 0 Å². The Labute approximate surface area is 127 Å². The second-order valence-corrected chi connectivity index (χ2v) is 7.54. The number of halogens is 3. The van der Waals surface area contributed by atoms with Crippen molar-refractivity contribution < 1.29 is 0 Å². The molecule has 2 aromatic rings. The minimum absolute atomic E-state index is 0.207. The molecule has 0 spiro atoms. The first-order chi connectivity index (χ1) is 7.99. The van der Waals surface area contributed by atoms with Gasteiger partial charge < -0.3 is 0 Å².